The van der Waals surface area contributed by atoms with Gasteiger partial charge in [0.1, 0.15) is 0 Å². The number of thiophene rings is 1. The van der Waals surface area contributed by atoms with Crippen molar-refractivity contribution in [3.8, 4) is 22.5 Å². The molecule has 210 valence electrons. The summed E-state index contributed by atoms with van der Waals surface area (Å²) in [5.74, 6) is 0. The van der Waals surface area contributed by atoms with Crippen molar-refractivity contribution in [2.45, 2.75) is 0 Å². The molecule has 3 aromatic heterocycles. The van der Waals surface area contributed by atoms with Crippen LogP contribution in [-0.2, 0) is 0 Å². The van der Waals surface area contributed by atoms with Crippen LogP contribution >= 0.6 is 11.3 Å². The van der Waals surface area contributed by atoms with Crippen LogP contribution in [0, 0.1) is 0 Å². The normalized spacial score (nSPS) is 12.0. The van der Waals surface area contributed by atoms with Crippen LogP contribution in [0.3, 0.4) is 0 Å². The number of aromatic nitrogens is 2. The first kappa shape index (κ1) is 24.8. The minimum Gasteiger partial charge on any atom is -0.309 e. The highest BCUT2D eigenvalue weighted by molar-refractivity contribution is 7.25. The van der Waals surface area contributed by atoms with Crippen LogP contribution < -0.4 is 0 Å². The Bertz CT molecular complexity index is 2760. The zero-order valence-corrected chi connectivity index (χ0v) is 25.1. The molecule has 45 heavy (non-hydrogen) atoms. The zero-order chi connectivity index (χ0) is 29.5. The summed E-state index contributed by atoms with van der Waals surface area (Å²) in [6, 6.07) is 57.7. The molecule has 0 unspecified atom stereocenters. The molecule has 2 nitrogen and oxygen atoms in total. The van der Waals surface area contributed by atoms with E-state index < -0.39 is 0 Å². The predicted octanol–water partition coefficient (Wildman–Crippen LogP) is 11.9. The molecule has 0 fully saturated rings. The maximum absolute atomic E-state index is 2.44. The molecular formula is C42H26N2S. The molecule has 7 aromatic carbocycles. The third-order valence-electron chi connectivity index (χ3n) is 9.32. The van der Waals surface area contributed by atoms with Crippen LogP contribution in [0.1, 0.15) is 0 Å². The highest BCUT2D eigenvalue weighted by Crippen LogP contribution is 2.42. The number of benzene rings is 7. The summed E-state index contributed by atoms with van der Waals surface area (Å²) in [4.78, 5) is 0. The van der Waals surface area contributed by atoms with Crippen LogP contribution in [0.4, 0.5) is 0 Å². The largest absolute Gasteiger partial charge is 0.309 e. The molecule has 0 atom stereocenters. The van der Waals surface area contributed by atoms with Gasteiger partial charge in [0.25, 0.3) is 0 Å². The molecule has 0 spiro atoms. The summed E-state index contributed by atoms with van der Waals surface area (Å²) in [6.45, 7) is 0. The summed E-state index contributed by atoms with van der Waals surface area (Å²) in [5, 5.41) is 7.74. The highest BCUT2D eigenvalue weighted by atomic mass is 32.1. The third kappa shape index (κ3) is 3.56. The van der Waals surface area contributed by atoms with E-state index in [1.165, 1.54) is 86.3 Å². The maximum atomic E-state index is 2.44. The van der Waals surface area contributed by atoms with Crippen molar-refractivity contribution < 1.29 is 0 Å². The quantitative estimate of drug-likeness (QED) is 0.194. The van der Waals surface area contributed by atoms with Gasteiger partial charge >= 0.3 is 0 Å². The van der Waals surface area contributed by atoms with Crippen molar-refractivity contribution in [3.63, 3.8) is 0 Å². The van der Waals surface area contributed by atoms with Gasteiger partial charge in [-0.3, -0.25) is 0 Å². The lowest BCUT2D eigenvalue weighted by Gasteiger charge is -2.11. The molecular weight excluding hydrogens is 565 g/mol. The van der Waals surface area contributed by atoms with Crippen LogP contribution in [0.25, 0.3) is 86.3 Å². The molecule has 10 rings (SSSR count). The van der Waals surface area contributed by atoms with Crippen molar-refractivity contribution in [2.24, 2.45) is 0 Å². The van der Waals surface area contributed by atoms with E-state index in [4.69, 9.17) is 0 Å². The number of hydrogen-bond acceptors (Lipinski definition) is 1. The minimum absolute atomic E-state index is 1.17. The smallest absolute Gasteiger partial charge is 0.0547 e. The van der Waals surface area contributed by atoms with E-state index in [0.29, 0.717) is 0 Å². The van der Waals surface area contributed by atoms with Crippen LogP contribution in [0.5, 0.6) is 0 Å². The molecule has 0 N–H and O–H groups in total. The van der Waals surface area contributed by atoms with Gasteiger partial charge in [0.15, 0.2) is 0 Å². The Morgan fingerprint density at radius 2 is 0.978 bits per heavy atom. The molecule has 0 aliphatic heterocycles. The van der Waals surface area contributed by atoms with E-state index in [2.05, 4.69) is 167 Å². The van der Waals surface area contributed by atoms with Gasteiger partial charge in [-0.25, -0.2) is 0 Å². The standard InChI is InChI=1S/C42H26N2S/c1-2-11-28(12-3-1)43-36-17-7-4-13-31(36)32-23-21-27(25-39(32)43)30-16-10-19-38-42(30)35-15-5-8-18-37(35)44(38)29-22-24-34-33-14-6-9-20-40(33)45-41(34)26-29/h1-26H. The second-order valence-corrected chi connectivity index (χ2v) is 12.8. The third-order valence-corrected chi connectivity index (χ3v) is 10.5. The number of hydrogen-bond donors (Lipinski definition) is 0. The molecule has 0 saturated carbocycles. The molecule has 3 heteroatoms. The molecule has 0 radical (unpaired) electrons. The first-order valence-electron chi connectivity index (χ1n) is 15.4. The van der Waals surface area contributed by atoms with E-state index in [0.717, 1.165) is 0 Å². The van der Waals surface area contributed by atoms with Gasteiger partial charge in [-0.1, -0.05) is 103 Å². The first-order valence-corrected chi connectivity index (χ1v) is 16.2. The van der Waals surface area contributed by atoms with Crippen molar-refractivity contribution in [1.82, 2.24) is 9.13 Å². The van der Waals surface area contributed by atoms with Crippen molar-refractivity contribution in [1.29, 1.82) is 0 Å². The van der Waals surface area contributed by atoms with E-state index in [1.807, 2.05) is 11.3 Å². The summed E-state index contributed by atoms with van der Waals surface area (Å²) in [6.07, 6.45) is 0. The fourth-order valence-corrected chi connectivity index (χ4v) is 8.52. The molecule has 0 aliphatic carbocycles. The fraction of sp³-hybridized carbons (Fsp3) is 0. The monoisotopic (exact) mass is 590 g/mol. The van der Waals surface area contributed by atoms with Gasteiger partial charge in [0, 0.05) is 53.1 Å². The van der Waals surface area contributed by atoms with E-state index in [1.54, 1.807) is 0 Å². The van der Waals surface area contributed by atoms with Gasteiger partial charge in [-0.2, -0.15) is 0 Å². The second kappa shape index (κ2) is 9.43. The lowest BCUT2D eigenvalue weighted by molar-refractivity contribution is 1.18. The van der Waals surface area contributed by atoms with Crippen molar-refractivity contribution in [2.75, 3.05) is 0 Å². The lowest BCUT2D eigenvalue weighted by atomic mass is 9.98. The Hall–Kier alpha value is -5.64. The minimum atomic E-state index is 1.17. The Morgan fingerprint density at radius 1 is 0.356 bits per heavy atom. The number of rotatable bonds is 3. The van der Waals surface area contributed by atoms with Crippen LogP contribution in [-0.4, -0.2) is 9.13 Å². The number of para-hydroxylation sites is 3. The van der Waals surface area contributed by atoms with E-state index in [9.17, 15) is 0 Å². The van der Waals surface area contributed by atoms with Crippen LogP contribution in [0.2, 0.25) is 0 Å². The summed E-state index contributed by atoms with van der Waals surface area (Å²) in [5.41, 5.74) is 9.72. The van der Waals surface area contributed by atoms with Gasteiger partial charge in [0.2, 0.25) is 0 Å². The Labute approximate surface area is 263 Å². The molecule has 0 saturated heterocycles. The molecule has 10 aromatic rings. The van der Waals surface area contributed by atoms with E-state index in [-0.39, 0.29) is 0 Å². The van der Waals surface area contributed by atoms with Crippen molar-refractivity contribution in [3.05, 3.63) is 158 Å². The molecule has 0 bridgehead atoms. The average Bonchev–Trinajstić information content (AvgIpc) is 3.75. The van der Waals surface area contributed by atoms with Crippen molar-refractivity contribution >= 4 is 75.1 Å². The predicted molar refractivity (Wildman–Crippen MR) is 193 cm³/mol. The van der Waals surface area contributed by atoms with Gasteiger partial charge in [-0.05, 0) is 65.7 Å². The number of nitrogens with zero attached hydrogens (tertiary/aromatic N) is 2. The molecule has 0 aliphatic rings. The SMILES string of the molecule is c1ccc(-n2c3ccccc3c3ccc(-c4cccc5c4c4ccccc4n5-c4ccc5c(c4)sc4ccccc45)cc32)cc1. The summed E-state index contributed by atoms with van der Waals surface area (Å²) < 4.78 is 7.49. The Balaban J connectivity index is 1.24. The van der Waals surface area contributed by atoms with Gasteiger partial charge in [-0.15, -0.1) is 11.3 Å². The maximum Gasteiger partial charge on any atom is 0.0547 e. The Kier molecular flexibility index (Phi) is 5.19. The fourth-order valence-electron chi connectivity index (χ4n) is 7.39. The topological polar surface area (TPSA) is 9.86 Å². The number of fused-ring (bicyclic) bond motifs is 9. The Morgan fingerprint density at radius 3 is 1.84 bits per heavy atom. The lowest BCUT2D eigenvalue weighted by Crippen LogP contribution is -1.94. The summed E-state index contributed by atoms with van der Waals surface area (Å²) >= 11 is 1.87. The van der Waals surface area contributed by atoms with E-state index >= 15 is 0 Å². The highest BCUT2D eigenvalue weighted by Gasteiger charge is 2.18. The first-order chi connectivity index (χ1) is 22.3. The van der Waals surface area contributed by atoms with Gasteiger partial charge in [0.05, 0.1) is 22.1 Å². The molecule has 3 heterocycles. The zero-order valence-electron chi connectivity index (χ0n) is 24.3. The average molecular weight is 591 g/mol. The van der Waals surface area contributed by atoms with Gasteiger partial charge < -0.3 is 9.13 Å². The van der Waals surface area contributed by atoms with Crippen LogP contribution in [0.15, 0.2) is 158 Å². The molecule has 0 amide bonds. The summed E-state index contributed by atoms with van der Waals surface area (Å²) in [7, 11) is 0. The second-order valence-electron chi connectivity index (χ2n) is 11.8.